The number of halogens is 1. The third-order valence-electron chi connectivity index (χ3n) is 5.92. The van der Waals surface area contributed by atoms with Crippen LogP contribution in [0, 0.1) is 3.57 Å². The Morgan fingerprint density at radius 1 is 1.31 bits per heavy atom. The Bertz CT molecular complexity index is 745. The topological polar surface area (TPSA) is 84.3 Å². The summed E-state index contributed by atoms with van der Waals surface area (Å²) in [5.74, 6) is -0.239. The van der Waals surface area contributed by atoms with Gasteiger partial charge in [0.15, 0.2) is 8.32 Å². The number of ether oxygens (including phenoxy) is 1. The van der Waals surface area contributed by atoms with E-state index >= 15 is 0 Å². The molecule has 2 atom stereocenters. The zero-order chi connectivity index (χ0) is 22.3. The first kappa shape index (κ1) is 25.9. The molecular formula is C21H34IN3O3Si. The molecule has 6 nitrogen and oxygen atoms in total. The lowest BCUT2D eigenvalue weighted by Gasteiger charge is -2.39. The second-order valence-corrected chi connectivity index (χ2v) is 15.1. The van der Waals surface area contributed by atoms with Gasteiger partial charge in [0.1, 0.15) is 0 Å². The number of carbonyl (C=O) groups excluding carboxylic acids is 1. The molecule has 0 aliphatic heterocycles. The molecule has 0 amide bonds. The summed E-state index contributed by atoms with van der Waals surface area (Å²) >= 11 is 2.25. The molecule has 1 aromatic carbocycles. The van der Waals surface area contributed by atoms with E-state index in [1.54, 1.807) is 0 Å². The Balaban J connectivity index is 2.96. The largest absolute Gasteiger partial charge is 0.468 e. The monoisotopic (exact) mass is 531 g/mol. The fraction of sp³-hybridized carbons (Fsp3) is 0.667. The van der Waals surface area contributed by atoms with Crippen LogP contribution in [0.2, 0.25) is 18.1 Å². The lowest BCUT2D eigenvalue weighted by Crippen LogP contribution is -2.44. The van der Waals surface area contributed by atoms with Crippen molar-refractivity contribution in [1.82, 2.24) is 0 Å². The number of hydrogen-bond donors (Lipinski definition) is 0. The molecule has 162 valence electrons. The molecule has 0 fully saturated rings. The van der Waals surface area contributed by atoms with Crippen LogP contribution < -0.4 is 0 Å². The molecule has 8 heteroatoms. The lowest BCUT2D eigenvalue weighted by molar-refractivity contribution is -0.147. The predicted octanol–water partition coefficient (Wildman–Crippen LogP) is 6.59. The number of carbonyl (C=O) groups is 1. The van der Waals surface area contributed by atoms with Crippen molar-refractivity contribution in [1.29, 1.82) is 0 Å². The maximum absolute atomic E-state index is 12.6. The highest BCUT2D eigenvalue weighted by atomic mass is 127. The highest BCUT2D eigenvalue weighted by Crippen LogP contribution is 2.38. The van der Waals surface area contributed by atoms with Gasteiger partial charge in [0, 0.05) is 8.48 Å². The second-order valence-electron chi connectivity index (χ2n) is 9.14. The number of esters is 1. The third kappa shape index (κ3) is 7.27. The van der Waals surface area contributed by atoms with Crippen molar-refractivity contribution in [2.24, 2.45) is 5.11 Å². The highest BCUT2D eigenvalue weighted by molar-refractivity contribution is 14.1. The van der Waals surface area contributed by atoms with Crippen molar-refractivity contribution < 1.29 is 14.0 Å². The first-order valence-corrected chi connectivity index (χ1v) is 13.9. The summed E-state index contributed by atoms with van der Waals surface area (Å²) in [6, 6.07) is 7.97. The molecule has 1 rings (SSSR count). The van der Waals surface area contributed by atoms with Gasteiger partial charge in [-0.05, 0) is 90.1 Å². The number of hydrogen-bond acceptors (Lipinski definition) is 4. The Hall–Kier alpha value is -1.09. The first-order chi connectivity index (χ1) is 13.4. The van der Waals surface area contributed by atoms with E-state index in [1.165, 1.54) is 7.11 Å². The molecule has 0 spiro atoms. The highest BCUT2D eigenvalue weighted by Gasteiger charge is 2.40. The van der Waals surface area contributed by atoms with Crippen LogP contribution in [0.15, 0.2) is 29.4 Å². The van der Waals surface area contributed by atoms with Crippen molar-refractivity contribution in [2.45, 2.75) is 76.6 Å². The number of azide groups is 1. The minimum Gasteiger partial charge on any atom is -0.468 e. The average molecular weight is 532 g/mol. The van der Waals surface area contributed by atoms with E-state index in [0.717, 1.165) is 22.0 Å². The minimum absolute atomic E-state index is 0.0723. The number of rotatable bonds is 10. The van der Waals surface area contributed by atoms with Crippen LogP contribution in [-0.4, -0.2) is 34.0 Å². The first-order valence-electron chi connectivity index (χ1n) is 9.90. The number of methoxy groups -OCH3 is 1. The van der Waals surface area contributed by atoms with Gasteiger partial charge < -0.3 is 9.16 Å². The fourth-order valence-corrected chi connectivity index (χ4v) is 4.94. The maximum atomic E-state index is 12.6. The summed E-state index contributed by atoms with van der Waals surface area (Å²) in [7, 11) is -0.560. The molecule has 0 radical (unpaired) electrons. The molecule has 0 bridgehead atoms. The van der Waals surface area contributed by atoms with Crippen LogP contribution >= 0.6 is 22.6 Å². The summed E-state index contributed by atoms with van der Waals surface area (Å²) in [4.78, 5) is 15.5. The fourth-order valence-electron chi connectivity index (χ4n) is 3.01. The van der Waals surface area contributed by atoms with Gasteiger partial charge in [-0.3, -0.25) is 4.79 Å². The molecule has 0 aliphatic rings. The zero-order valence-corrected chi connectivity index (χ0v) is 21.8. The average Bonchev–Trinajstić information content (AvgIpc) is 2.63. The molecule has 0 aliphatic carbocycles. The van der Waals surface area contributed by atoms with E-state index in [-0.39, 0.29) is 17.1 Å². The van der Waals surface area contributed by atoms with Crippen molar-refractivity contribution in [2.75, 3.05) is 13.7 Å². The van der Waals surface area contributed by atoms with Crippen LogP contribution in [0.3, 0.4) is 0 Å². The summed E-state index contributed by atoms with van der Waals surface area (Å²) in [6.07, 6.45) is 1.97. The Kier molecular flexibility index (Phi) is 9.65. The maximum Gasteiger partial charge on any atom is 0.315 e. The van der Waals surface area contributed by atoms with Crippen LogP contribution in [0.1, 0.15) is 52.5 Å². The van der Waals surface area contributed by atoms with E-state index in [1.807, 2.05) is 31.2 Å². The van der Waals surface area contributed by atoms with E-state index < -0.39 is 13.7 Å². The van der Waals surface area contributed by atoms with Gasteiger partial charge in [0.2, 0.25) is 0 Å². The van der Waals surface area contributed by atoms with Gasteiger partial charge in [-0.15, -0.1) is 0 Å². The number of nitrogens with zero attached hydrogens (tertiary/aromatic N) is 3. The molecule has 0 aromatic heterocycles. The Morgan fingerprint density at radius 2 is 1.97 bits per heavy atom. The second kappa shape index (κ2) is 10.8. The van der Waals surface area contributed by atoms with Gasteiger partial charge >= 0.3 is 5.97 Å². The summed E-state index contributed by atoms with van der Waals surface area (Å²) in [6.45, 7) is 13.2. The van der Waals surface area contributed by atoms with Crippen LogP contribution in [0.4, 0.5) is 0 Å². The van der Waals surface area contributed by atoms with Gasteiger partial charge in [-0.25, -0.2) is 0 Å². The molecule has 0 N–H and O–H groups in total. The Morgan fingerprint density at radius 3 is 2.48 bits per heavy atom. The van der Waals surface area contributed by atoms with Gasteiger partial charge in [-0.1, -0.05) is 38.0 Å². The van der Waals surface area contributed by atoms with E-state index in [4.69, 9.17) is 14.7 Å². The van der Waals surface area contributed by atoms with Gasteiger partial charge in [-0.2, -0.15) is 0 Å². The number of benzene rings is 1. The van der Waals surface area contributed by atoms with Gasteiger partial charge in [0.05, 0.1) is 25.2 Å². The third-order valence-corrected chi connectivity index (χ3v) is 11.1. The van der Waals surface area contributed by atoms with Crippen LogP contribution in [0.25, 0.3) is 10.4 Å². The molecule has 2 unspecified atom stereocenters. The lowest BCUT2D eigenvalue weighted by atomic mass is 9.78. The summed E-state index contributed by atoms with van der Waals surface area (Å²) in [5, 5.41) is 3.83. The molecule has 0 heterocycles. The van der Waals surface area contributed by atoms with E-state index in [2.05, 4.69) is 66.5 Å². The summed E-state index contributed by atoms with van der Waals surface area (Å²) < 4.78 is 12.7. The molecule has 1 aromatic rings. The quantitative estimate of drug-likeness (QED) is 0.0852. The minimum atomic E-state index is -1.99. The van der Waals surface area contributed by atoms with Gasteiger partial charge in [0.25, 0.3) is 0 Å². The van der Waals surface area contributed by atoms with Crippen LogP contribution in [0.5, 0.6) is 0 Å². The van der Waals surface area contributed by atoms with Crippen molar-refractivity contribution in [3.63, 3.8) is 0 Å². The molecular weight excluding hydrogens is 497 g/mol. The SMILES string of the molecule is COC(=O)C(C)(CCCC(CN=[N+]=[N-])O[Si](C)(C)C(C)(C)C)c1cccc(I)c1. The van der Waals surface area contributed by atoms with E-state index in [0.29, 0.717) is 13.0 Å². The Labute approximate surface area is 189 Å². The van der Waals surface area contributed by atoms with Crippen molar-refractivity contribution in [3.05, 3.63) is 43.8 Å². The smallest absolute Gasteiger partial charge is 0.315 e. The standard InChI is InChI=1S/C21H34IN3O3Si/c1-20(2,3)29(6,7)28-18(15-24-25-23)12-9-13-21(4,19(26)27-5)16-10-8-11-17(22)14-16/h8,10-11,14,18H,9,12-13,15H2,1-7H3. The molecule has 0 saturated heterocycles. The van der Waals surface area contributed by atoms with E-state index in [9.17, 15) is 4.79 Å². The van der Waals surface area contributed by atoms with Crippen LogP contribution in [-0.2, 0) is 19.4 Å². The van der Waals surface area contributed by atoms with Crippen molar-refractivity contribution in [3.8, 4) is 0 Å². The predicted molar refractivity (Wildman–Crippen MR) is 128 cm³/mol. The van der Waals surface area contributed by atoms with Crippen molar-refractivity contribution >= 4 is 36.9 Å². The molecule has 0 saturated carbocycles. The molecule has 29 heavy (non-hydrogen) atoms. The zero-order valence-electron chi connectivity index (χ0n) is 18.7. The summed E-state index contributed by atoms with van der Waals surface area (Å²) in [5.41, 5.74) is 8.99. The normalized spacial score (nSPS) is 15.2.